The van der Waals surface area contributed by atoms with Crippen molar-refractivity contribution in [2.24, 2.45) is 0 Å². The molecule has 9 heteroatoms. The lowest BCUT2D eigenvalue weighted by molar-refractivity contribution is -0.141. The number of hydrogen-bond acceptors (Lipinski definition) is 5. The second kappa shape index (κ2) is 12.8. The van der Waals surface area contributed by atoms with E-state index in [1.807, 2.05) is 66.2 Å². The van der Waals surface area contributed by atoms with Gasteiger partial charge in [-0.3, -0.25) is 9.48 Å². The second-order valence-electron chi connectivity index (χ2n) is 7.38. The van der Waals surface area contributed by atoms with E-state index in [1.165, 1.54) is 6.92 Å². The lowest BCUT2D eigenvalue weighted by Gasteiger charge is -2.11. The molecule has 3 rings (SSSR count). The minimum absolute atomic E-state index is 0.293. The number of benzene rings is 2. The zero-order chi connectivity index (χ0) is 24.2. The van der Waals surface area contributed by atoms with Crippen LogP contribution in [0.15, 0.2) is 54.6 Å². The summed E-state index contributed by atoms with van der Waals surface area (Å²) < 4.78 is 7.09. The zero-order valence-corrected chi connectivity index (χ0v) is 18.7. The van der Waals surface area contributed by atoms with Crippen molar-refractivity contribution < 1.29 is 29.3 Å². The molecule has 3 aromatic rings. The fourth-order valence-electron chi connectivity index (χ4n) is 3.12. The summed E-state index contributed by atoms with van der Waals surface area (Å²) in [4.78, 5) is 31.7. The number of amides is 1. The number of hydrogen-bond donors (Lipinski definition) is 3. The highest BCUT2D eigenvalue weighted by Gasteiger charge is 2.16. The van der Waals surface area contributed by atoms with Crippen LogP contribution >= 0.6 is 0 Å². The van der Waals surface area contributed by atoms with E-state index in [9.17, 15) is 14.4 Å². The molecule has 1 amide bonds. The van der Waals surface area contributed by atoms with Crippen molar-refractivity contribution in [1.82, 2.24) is 15.1 Å². The Morgan fingerprint density at radius 3 is 2.33 bits per heavy atom. The van der Waals surface area contributed by atoms with Crippen LogP contribution in [-0.4, -0.2) is 50.5 Å². The molecule has 33 heavy (non-hydrogen) atoms. The van der Waals surface area contributed by atoms with E-state index < -0.39 is 24.6 Å². The summed E-state index contributed by atoms with van der Waals surface area (Å²) in [5.74, 6) is -1.92. The molecule has 0 saturated carbocycles. The predicted octanol–water partition coefficient (Wildman–Crippen LogP) is 3.31. The molecule has 1 atom stereocenters. The van der Waals surface area contributed by atoms with Crippen LogP contribution in [0.3, 0.4) is 0 Å². The Morgan fingerprint density at radius 2 is 1.73 bits per heavy atom. The maximum atomic E-state index is 10.6. The number of carbonyl (C=O) groups is 3. The Balaban J connectivity index is 0.000000277. The highest BCUT2D eigenvalue weighted by molar-refractivity contribution is 5.85. The number of carboxylic acids is 2. The topological polar surface area (TPSA) is 131 Å². The Morgan fingerprint density at radius 1 is 1.06 bits per heavy atom. The zero-order valence-electron chi connectivity index (χ0n) is 18.7. The van der Waals surface area contributed by atoms with Gasteiger partial charge in [0.25, 0.3) is 0 Å². The van der Waals surface area contributed by atoms with E-state index in [-0.39, 0.29) is 5.91 Å². The monoisotopic (exact) mass is 455 g/mol. The largest absolute Gasteiger partial charge is 0.480 e. The summed E-state index contributed by atoms with van der Waals surface area (Å²) in [6, 6.07) is 16.9. The van der Waals surface area contributed by atoms with E-state index in [4.69, 9.17) is 14.9 Å². The summed E-state index contributed by atoms with van der Waals surface area (Å²) in [6.07, 6.45) is 2.26. The number of nitrogens with one attached hydrogen (secondary N) is 1. The van der Waals surface area contributed by atoms with E-state index in [1.54, 1.807) is 0 Å². The van der Waals surface area contributed by atoms with Gasteiger partial charge in [-0.15, -0.1) is 5.10 Å². The molecule has 0 radical (unpaired) electrons. The van der Waals surface area contributed by atoms with Gasteiger partial charge in [-0.2, -0.15) is 0 Å². The molecular formula is C24H29N3O6. The van der Waals surface area contributed by atoms with Crippen molar-refractivity contribution >= 4 is 28.7 Å². The van der Waals surface area contributed by atoms with Gasteiger partial charge in [0.2, 0.25) is 11.8 Å². The van der Waals surface area contributed by atoms with Crippen molar-refractivity contribution in [1.29, 1.82) is 0 Å². The summed E-state index contributed by atoms with van der Waals surface area (Å²) in [7, 11) is 0. The molecule has 2 aromatic carbocycles. The maximum Gasteiger partial charge on any atom is 0.341 e. The van der Waals surface area contributed by atoms with Crippen molar-refractivity contribution in [2.75, 3.05) is 6.61 Å². The normalized spacial score (nSPS) is 11.2. The van der Waals surface area contributed by atoms with Gasteiger partial charge in [0, 0.05) is 6.92 Å². The van der Waals surface area contributed by atoms with Crippen LogP contribution in [0.4, 0.5) is 0 Å². The molecule has 0 fully saturated rings. The van der Waals surface area contributed by atoms with Gasteiger partial charge < -0.3 is 20.3 Å². The SMILES string of the molecule is CCCCC(NC(C)=O)C(=O)O.O=C(O)COc1nn(Cc2ccccc2)c2ccccc12. The highest BCUT2D eigenvalue weighted by atomic mass is 16.5. The van der Waals surface area contributed by atoms with Gasteiger partial charge in [0.15, 0.2) is 6.61 Å². The van der Waals surface area contributed by atoms with Crippen LogP contribution in [0.5, 0.6) is 5.88 Å². The number of ether oxygens (including phenoxy) is 1. The van der Waals surface area contributed by atoms with Crippen LogP contribution in [-0.2, 0) is 20.9 Å². The van der Waals surface area contributed by atoms with E-state index in [0.717, 1.165) is 29.3 Å². The van der Waals surface area contributed by atoms with Gasteiger partial charge in [0.05, 0.1) is 17.4 Å². The summed E-state index contributed by atoms with van der Waals surface area (Å²) in [5, 5.41) is 24.9. The Labute approximate surface area is 192 Å². The molecule has 0 aliphatic carbocycles. The molecular weight excluding hydrogens is 426 g/mol. The Hall–Kier alpha value is -3.88. The molecule has 176 valence electrons. The first-order chi connectivity index (χ1) is 15.8. The minimum atomic E-state index is -1.02. The number of carboxylic acid groups (broad SMARTS) is 2. The van der Waals surface area contributed by atoms with Crippen LogP contribution in [0.1, 0.15) is 38.7 Å². The lowest BCUT2D eigenvalue weighted by atomic mass is 10.1. The molecule has 0 bridgehead atoms. The van der Waals surface area contributed by atoms with Crippen molar-refractivity contribution in [3.63, 3.8) is 0 Å². The number of aliphatic carboxylic acids is 2. The van der Waals surface area contributed by atoms with Gasteiger partial charge in [-0.05, 0) is 24.1 Å². The number of fused-ring (bicyclic) bond motifs is 1. The fraction of sp³-hybridized carbons (Fsp3) is 0.333. The quantitative estimate of drug-likeness (QED) is 0.427. The van der Waals surface area contributed by atoms with E-state index in [2.05, 4.69) is 10.4 Å². The maximum absolute atomic E-state index is 10.6. The number of para-hydroxylation sites is 1. The first-order valence-electron chi connectivity index (χ1n) is 10.7. The number of unbranched alkanes of at least 4 members (excludes halogenated alkanes) is 1. The van der Waals surface area contributed by atoms with Crippen LogP contribution in [0.25, 0.3) is 10.9 Å². The first-order valence-corrected chi connectivity index (χ1v) is 10.7. The molecule has 0 aliphatic heterocycles. The van der Waals surface area contributed by atoms with Crippen LogP contribution in [0.2, 0.25) is 0 Å². The summed E-state index contributed by atoms with van der Waals surface area (Å²) >= 11 is 0. The molecule has 1 unspecified atom stereocenters. The van der Waals surface area contributed by atoms with Gasteiger partial charge in [-0.1, -0.05) is 62.2 Å². The lowest BCUT2D eigenvalue weighted by Crippen LogP contribution is -2.39. The third kappa shape index (κ3) is 8.29. The number of aromatic nitrogens is 2. The molecule has 1 aromatic heterocycles. The van der Waals surface area contributed by atoms with Crippen molar-refractivity contribution in [3.05, 3.63) is 60.2 Å². The van der Waals surface area contributed by atoms with Gasteiger partial charge >= 0.3 is 11.9 Å². The average Bonchev–Trinajstić information content (AvgIpc) is 3.13. The standard InChI is InChI=1S/C16H14N2O3.C8H15NO3/c19-15(20)11-21-16-13-8-4-5-9-14(13)18(17-16)10-12-6-2-1-3-7-12;1-3-4-5-7(8(11)12)9-6(2)10/h1-9H,10-11H2,(H,19,20);7H,3-5H2,1-2H3,(H,9,10)(H,11,12). The third-order valence-electron chi connectivity index (χ3n) is 4.65. The molecule has 0 aliphatic rings. The Bertz CT molecular complexity index is 1060. The number of carbonyl (C=O) groups excluding carboxylic acids is 1. The fourth-order valence-corrected chi connectivity index (χ4v) is 3.12. The molecule has 0 saturated heterocycles. The van der Waals surface area contributed by atoms with Gasteiger partial charge in [-0.25, -0.2) is 9.59 Å². The third-order valence-corrected chi connectivity index (χ3v) is 4.65. The smallest absolute Gasteiger partial charge is 0.341 e. The van der Waals surface area contributed by atoms with Crippen molar-refractivity contribution in [2.45, 2.75) is 45.7 Å². The van der Waals surface area contributed by atoms with E-state index in [0.29, 0.717) is 18.8 Å². The second-order valence-corrected chi connectivity index (χ2v) is 7.38. The summed E-state index contributed by atoms with van der Waals surface area (Å²) in [5.41, 5.74) is 2.04. The predicted molar refractivity (Wildman–Crippen MR) is 123 cm³/mol. The average molecular weight is 456 g/mol. The minimum Gasteiger partial charge on any atom is -0.480 e. The molecule has 9 nitrogen and oxygen atoms in total. The summed E-state index contributed by atoms with van der Waals surface area (Å²) in [6.45, 7) is 3.51. The van der Waals surface area contributed by atoms with Crippen molar-refractivity contribution in [3.8, 4) is 5.88 Å². The molecule has 3 N–H and O–H groups in total. The van der Waals surface area contributed by atoms with E-state index >= 15 is 0 Å². The number of rotatable bonds is 10. The Kier molecular flexibility index (Phi) is 9.88. The van der Waals surface area contributed by atoms with Crippen LogP contribution in [0, 0.1) is 0 Å². The molecule has 1 heterocycles. The molecule has 0 spiro atoms. The highest BCUT2D eigenvalue weighted by Crippen LogP contribution is 2.25. The van der Waals surface area contributed by atoms with Gasteiger partial charge in [0.1, 0.15) is 6.04 Å². The number of nitrogens with zero attached hydrogens (tertiary/aromatic N) is 2. The first kappa shape index (κ1) is 25.4. The van der Waals surface area contributed by atoms with Crippen LogP contribution < -0.4 is 10.1 Å².